The molecule has 2 heterocycles. The molecule has 0 saturated carbocycles. The van der Waals surface area contributed by atoms with E-state index in [1.54, 1.807) is 10.6 Å². The second kappa shape index (κ2) is 8.19. The van der Waals surface area contributed by atoms with E-state index in [-0.39, 0.29) is 27.7 Å². The number of hydrogen-bond donors (Lipinski definition) is 2. The highest BCUT2D eigenvalue weighted by atomic mass is 35.5. The average Bonchev–Trinajstić information content (AvgIpc) is 3.09. The third kappa shape index (κ3) is 3.87. The minimum Gasteiger partial charge on any atom is -0.298 e. The Hall–Kier alpha value is -3.72. The molecule has 0 spiro atoms. The van der Waals surface area contributed by atoms with Crippen molar-refractivity contribution in [2.45, 2.75) is 13.5 Å². The van der Waals surface area contributed by atoms with Gasteiger partial charge in [-0.2, -0.15) is 10.1 Å². The van der Waals surface area contributed by atoms with Gasteiger partial charge in [-0.15, -0.1) is 0 Å². The Balaban J connectivity index is 1.82. The predicted octanol–water partition coefficient (Wildman–Crippen LogP) is 3.02. The minimum atomic E-state index is -0.578. The third-order valence-electron chi connectivity index (χ3n) is 4.95. The van der Waals surface area contributed by atoms with E-state index in [1.165, 1.54) is 30.0 Å². The van der Waals surface area contributed by atoms with Crippen molar-refractivity contribution < 1.29 is 4.39 Å². The Morgan fingerprint density at radius 3 is 2.74 bits per heavy atom. The Bertz CT molecular complexity index is 1420. The average molecular weight is 441 g/mol. The van der Waals surface area contributed by atoms with Crippen LogP contribution in [-0.2, 0) is 13.6 Å². The fourth-order valence-corrected chi connectivity index (χ4v) is 3.43. The molecule has 0 unspecified atom stereocenters. The monoisotopic (exact) mass is 440 g/mol. The molecule has 2 N–H and O–H groups in total. The topological polar surface area (TPSA) is 97.1 Å². The number of H-pyrrole nitrogens is 1. The van der Waals surface area contributed by atoms with Crippen LogP contribution in [0.1, 0.15) is 16.7 Å². The summed E-state index contributed by atoms with van der Waals surface area (Å²) in [7, 11) is 1.51. The lowest BCUT2D eigenvalue weighted by Crippen LogP contribution is -2.29. The number of hydrazone groups is 1. The molecular weight excluding hydrogens is 423 g/mol. The molecule has 2 aromatic heterocycles. The molecular formula is C21H18ClFN6O2. The van der Waals surface area contributed by atoms with Gasteiger partial charge in [-0.25, -0.2) is 14.6 Å². The number of nitrogens with one attached hydrogen (secondary N) is 2. The van der Waals surface area contributed by atoms with Crippen LogP contribution in [0.15, 0.2) is 57.2 Å². The summed E-state index contributed by atoms with van der Waals surface area (Å²) in [5.41, 5.74) is 4.12. The second-order valence-corrected chi connectivity index (χ2v) is 7.35. The van der Waals surface area contributed by atoms with E-state index in [0.717, 1.165) is 11.1 Å². The molecule has 0 aliphatic rings. The number of benzene rings is 2. The zero-order valence-corrected chi connectivity index (χ0v) is 17.4. The number of halogens is 2. The Kier molecular flexibility index (Phi) is 5.43. The highest BCUT2D eigenvalue weighted by Gasteiger charge is 2.18. The molecule has 4 rings (SSSR count). The summed E-state index contributed by atoms with van der Waals surface area (Å²) in [5.74, 6) is -0.307. The van der Waals surface area contributed by atoms with Gasteiger partial charge in [0.1, 0.15) is 5.82 Å². The van der Waals surface area contributed by atoms with E-state index >= 15 is 0 Å². The molecule has 0 atom stereocenters. The molecule has 0 amide bonds. The van der Waals surface area contributed by atoms with Crippen LogP contribution in [0.2, 0.25) is 5.02 Å². The van der Waals surface area contributed by atoms with Crippen molar-refractivity contribution in [1.29, 1.82) is 0 Å². The highest BCUT2D eigenvalue weighted by Crippen LogP contribution is 2.20. The maximum Gasteiger partial charge on any atom is 0.329 e. The normalized spacial score (nSPS) is 11.5. The number of hydrogen-bond acceptors (Lipinski definition) is 5. The van der Waals surface area contributed by atoms with Gasteiger partial charge in [0.05, 0.1) is 17.8 Å². The van der Waals surface area contributed by atoms with Crippen molar-refractivity contribution >= 4 is 34.9 Å². The van der Waals surface area contributed by atoms with Gasteiger partial charge in [0, 0.05) is 12.6 Å². The first-order valence-electron chi connectivity index (χ1n) is 9.34. The largest absolute Gasteiger partial charge is 0.329 e. The van der Waals surface area contributed by atoms with Crippen LogP contribution in [0, 0.1) is 12.7 Å². The SMILES string of the molecule is Cc1ccccc1Cn1c(N/N=C/c2c(F)cccc2Cl)nc2c1c(=O)[nH]c(=O)n2C. The standard InChI is InChI=1S/C21H18ClFN6O2/c1-12-6-3-4-7-13(12)11-29-17-18(28(2)21(31)26-19(17)30)25-20(29)27-24-10-14-15(22)8-5-9-16(14)23/h3-10H,11H2,1-2H3,(H,25,27)(H,26,30,31)/b24-10+. The van der Waals surface area contributed by atoms with E-state index in [2.05, 4.69) is 20.5 Å². The van der Waals surface area contributed by atoms with Crippen molar-refractivity contribution in [2.24, 2.45) is 12.1 Å². The lowest BCUT2D eigenvalue weighted by Gasteiger charge is -2.10. The quantitative estimate of drug-likeness (QED) is 0.368. The van der Waals surface area contributed by atoms with Crippen LogP contribution < -0.4 is 16.7 Å². The summed E-state index contributed by atoms with van der Waals surface area (Å²) in [4.78, 5) is 31.3. The molecule has 8 nitrogen and oxygen atoms in total. The van der Waals surface area contributed by atoms with E-state index in [1.807, 2.05) is 31.2 Å². The van der Waals surface area contributed by atoms with Gasteiger partial charge in [0.15, 0.2) is 11.2 Å². The van der Waals surface area contributed by atoms with Crippen LogP contribution in [-0.4, -0.2) is 25.3 Å². The number of rotatable bonds is 5. The maximum atomic E-state index is 14.0. The van der Waals surface area contributed by atoms with E-state index in [0.29, 0.717) is 6.54 Å². The molecule has 0 bridgehead atoms. The second-order valence-electron chi connectivity index (χ2n) is 6.94. The molecule has 0 aliphatic carbocycles. The van der Waals surface area contributed by atoms with Crippen molar-refractivity contribution in [3.05, 3.63) is 90.8 Å². The number of imidazole rings is 1. The first-order valence-corrected chi connectivity index (χ1v) is 9.71. The zero-order chi connectivity index (χ0) is 22.1. The zero-order valence-electron chi connectivity index (χ0n) is 16.7. The lowest BCUT2D eigenvalue weighted by atomic mass is 10.1. The minimum absolute atomic E-state index is 0.114. The summed E-state index contributed by atoms with van der Waals surface area (Å²) in [6.45, 7) is 2.27. The highest BCUT2D eigenvalue weighted by molar-refractivity contribution is 6.33. The van der Waals surface area contributed by atoms with Crippen LogP contribution in [0.25, 0.3) is 11.2 Å². The molecule has 4 aromatic rings. The van der Waals surface area contributed by atoms with Gasteiger partial charge in [-0.1, -0.05) is 41.9 Å². The predicted molar refractivity (Wildman–Crippen MR) is 119 cm³/mol. The van der Waals surface area contributed by atoms with Crippen LogP contribution in [0.5, 0.6) is 0 Å². The maximum absolute atomic E-state index is 14.0. The van der Waals surface area contributed by atoms with Crippen LogP contribution in [0.4, 0.5) is 10.3 Å². The number of aryl methyl sites for hydroxylation is 2. The smallest absolute Gasteiger partial charge is 0.298 e. The first kappa shape index (κ1) is 20.5. The van der Waals surface area contributed by atoms with E-state index in [9.17, 15) is 14.0 Å². The lowest BCUT2D eigenvalue weighted by molar-refractivity contribution is 0.626. The van der Waals surface area contributed by atoms with Crippen molar-refractivity contribution in [3.8, 4) is 0 Å². The Morgan fingerprint density at radius 1 is 1.23 bits per heavy atom. The Morgan fingerprint density at radius 2 is 2.00 bits per heavy atom. The molecule has 0 aliphatic heterocycles. The third-order valence-corrected chi connectivity index (χ3v) is 5.28. The number of aromatic nitrogens is 4. The summed E-state index contributed by atoms with van der Waals surface area (Å²) < 4.78 is 16.9. The molecule has 31 heavy (non-hydrogen) atoms. The fraction of sp³-hybridized carbons (Fsp3) is 0.143. The Labute approximate surface area is 180 Å². The van der Waals surface area contributed by atoms with Gasteiger partial charge in [-0.3, -0.25) is 18.9 Å². The van der Waals surface area contributed by atoms with Gasteiger partial charge in [-0.05, 0) is 30.2 Å². The van der Waals surface area contributed by atoms with Gasteiger partial charge in [0.25, 0.3) is 5.56 Å². The van der Waals surface area contributed by atoms with Crippen LogP contribution in [0.3, 0.4) is 0 Å². The first-order chi connectivity index (χ1) is 14.9. The van der Waals surface area contributed by atoms with Crippen LogP contribution >= 0.6 is 11.6 Å². The number of fused-ring (bicyclic) bond motifs is 1. The molecule has 0 fully saturated rings. The summed E-state index contributed by atoms with van der Waals surface area (Å²) in [5, 5.41) is 4.26. The van der Waals surface area contributed by atoms with E-state index in [4.69, 9.17) is 11.6 Å². The van der Waals surface area contributed by atoms with E-state index < -0.39 is 17.1 Å². The summed E-state index contributed by atoms with van der Waals surface area (Å²) >= 11 is 6.03. The van der Waals surface area contributed by atoms with Crippen molar-refractivity contribution in [2.75, 3.05) is 5.43 Å². The summed E-state index contributed by atoms with van der Waals surface area (Å²) in [6.07, 6.45) is 1.23. The van der Waals surface area contributed by atoms with Gasteiger partial charge in [0.2, 0.25) is 5.95 Å². The number of nitrogens with zero attached hydrogens (tertiary/aromatic N) is 4. The van der Waals surface area contributed by atoms with Gasteiger partial charge >= 0.3 is 5.69 Å². The van der Waals surface area contributed by atoms with Gasteiger partial charge < -0.3 is 0 Å². The number of aromatic amines is 1. The molecule has 2 aromatic carbocycles. The molecule has 10 heteroatoms. The molecule has 158 valence electrons. The molecule has 0 radical (unpaired) electrons. The van der Waals surface area contributed by atoms with Crippen molar-refractivity contribution in [3.63, 3.8) is 0 Å². The summed E-state index contributed by atoms with van der Waals surface area (Å²) in [6, 6.07) is 12.0. The van der Waals surface area contributed by atoms with Crippen molar-refractivity contribution in [1.82, 2.24) is 19.1 Å². The number of anilines is 1. The molecule has 0 saturated heterocycles. The fourth-order valence-electron chi connectivity index (χ4n) is 3.22.